The maximum absolute atomic E-state index is 7.44. The van der Waals surface area contributed by atoms with Crippen molar-refractivity contribution in [2.24, 2.45) is 7.05 Å². The van der Waals surface area contributed by atoms with E-state index < -0.39 is 7.92 Å². The van der Waals surface area contributed by atoms with Gasteiger partial charge in [0, 0.05) is 18.7 Å². The van der Waals surface area contributed by atoms with Gasteiger partial charge in [-0.05, 0) is 27.7 Å². The molecular formula is C17H35N3PRu+. The van der Waals surface area contributed by atoms with Crippen molar-refractivity contribution in [1.29, 1.82) is 0 Å². The molecule has 0 amide bonds. The summed E-state index contributed by atoms with van der Waals surface area (Å²) in [7, 11) is 1.57. The van der Waals surface area contributed by atoms with Crippen molar-refractivity contribution in [2.75, 3.05) is 0 Å². The molecule has 1 aromatic rings. The first kappa shape index (κ1) is 26.8. The molecule has 22 heavy (non-hydrogen) atoms. The van der Waals surface area contributed by atoms with Crippen molar-refractivity contribution < 1.29 is 19.5 Å². The van der Waals surface area contributed by atoms with Gasteiger partial charge in [-0.2, -0.15) is 0 Å². The number of hydrogen-bond acceptors (Lipinski definition) is 1. The van der Waals surface area contributed by atoms with Crippen LogP contribution in [0.25, 0.3) is 5.41 Å². The number of aromatic nitrogens is 2. The third-order valence-electron chi connectivity index (χ3n) is 3.15. The molecule has 0 aliphatic heterocycles. The van der Waals surface area contributed by atoms with E-state index in [2.05, 4.69) is 66.3 Å². The first-order valence-electron chi connectivity index (χ1n) is 7.39. The van der Waals surface area contributed by atoms with Crippen LogP contribution in [0.1, 0.15) is 61.1 Å². The molecule has 1 heterocycles. The first-order chi connectivity index (χ1) is 9.06. The number of aryl methyl sites for hydroxylation is 1. The fourth-order valence-corrected chi connectivity index (χ4v) is 5.37. The minimum atomic E-state index is -0.573. The molecule has 0 atom stereocenters. The van der Waals surface area contributed by atoms with E-state index in [1.54, 1.807) is 6.92 Å². The Morgan fingerprint density at radius 1 is 1.18 bits per heavy atom. The molecule has 0 spiro atoms. The minimum Gasteiger partial charge on any atom is -0.814 e. The van der Waals surface area contributed by atoms with Crippen LogP contribution in [-0.2, 0) is 31.9 Å². The molecule has 0 unspecified atom stereocenters. The second-order valence-electron chi connectivity index (χ2n) is 6.83. The quantitative estimate of drug-likeness (QED) is 0.312. The molecular weight excluding hydrogens is 378 g/mol. The Bertz CT molecular complexity index is 412. The van der Waals surface area contributed by atoms with E-state index in [-0.39, 0.29) is 32.3 Å². The van der Waals surface area contributed by atoms with Crippen LogP contribution in [-0.4, -0.2) is 27.1 Å². The van der Waals surface area contributed by atoms with Crippen LogP contribution >= 0.6 is 7.92 Å². The van der Waals surface area contributed by atoms with Crippen molar-refractivity contribution in [1.82, 2.24) is 9.55 Å². The number of nitrogens with zero attached hydrogens (tertiary/aromatic N) is 3. The van der Waals surface area contributed by atoms with Gasteiger partial charge < -0.3 is 17.4 Å². The van der Waals surface area contributed by atoms with Crippen molar-refractivity contribution in [3.8, 4) is 0 Å². The molecule has 1 rings (SSSR count). The SMILES string of the molecule is CC(C)[PH+](c1nc(C(C)(C)C)cn1C)C(C)C.CC=[N-].[CH3-].[Ru+2]. The molecule has 0 saturated heterocycles. The Labute approximate surface area is 152 Å². The summed E-state index contributed by atoms with van der Waals surface area (Å²) >= 11 is 0. The average molecular weight is 414 g/mol. The predicted molar refractivity (Wildman–Crippen MR) is 102 cm³/mol. The van der Waals surface area contributed by atoms with Gasteiger partial charge in [0.1, 0.15) is 0 Å². The van der Waals surface area contributed by atoms with Crippen molar-refractivity contribution in [2.45, 2.75) is 72.1 Å². The van der Waals surface area contributed by atoms with Gasteiger partial charge in [-0.25, -0.2) is 11.2 Å². The van der Waals surface area contributed by atoms with Gasteiger partial charge in [0.2, 0.25) is 0 Å². The van der Waals surface area contributed by atoms with Crippen LogP contribution in [0.2, 0.25) is 0 Å². The summed E-state index contributed by atoms with van der Waals surface area (Å²) in [6, 6.07) is 0. The Hall–Kier alpha value is -0.0666. The largest absolute Gasteiger partial charge is 2.00 e. The number of imidazole rings is 1. The second-order valence-corrected chi connectivity index (χ2v) is 10.5. The summed E-state index contributed by atoms with van der Waals surface area (Å²) in [6.45, 7) is 17.6. The van der Waals surface area contributed by atoms with Crippen molar-refractivity contribution >= 4 is 19.7 Å². The summed E-state index contributed by atoms with van der Waals surface area (Å²) in [5.74, 6) is 0. The third-order valence-corrected chi connectivity index (χ3v) is 6.62. The van der Waals surface area contributed by atoms with E-state index in [0.29, 0.717) is 0 Å². The van der Waals surface area contributed by atoms with E-state index in [1.165, 1.54) is 11.3 Å². The van der Waals surface area contributed by atoms with Crippen LogP contribution in [0.5, 0.6) is 0 Å². The molecule has 5 heteroatoms. The van der Waals surface area contributed by atoms with Gasteiger partial charge in [0.05, 0.1) is 24.9 Å². The molecule has 0 aliphatic carbocycles. The summed E-state index contributed by atoms with van der Waals surface area (Å²) in [4.78, 5) is 4.93. The number of hydrogen-bond donors (Lipinski definition) is 0. The van der Waals surface area contributed by atoms with E-state index in [1.807, 2.05) is 0 Å². The van der Waals surface area contributed by atoms with Gasteiger partial charge in [-0.3, -0.25) is 0 Å². The van der Waals surface area contributed by atoms with Crippen LogP contribution < -0.4 is 5.57 Å². The van der Waals surface area contributed by atoms with Crippen molar-refractivity contribution in [3.63, 3.8) is 0 Å². The maximum Gasteiger partial charge on any atom is 2.00 e. The van der Waals surface area contributed by atoms with Crippen LogP contribution in [0.3, 0.4) is 0 Å². The van der Waals surface area contributed by atoms with E-state index in [9.17, 15) is 0 Å². The summed E-state index contributed by atoms with van der Waals surface area (Å²) in [6.07, 6.45) is 3.21. The average Bonchev–Trinajstić information content (AvgIpc) is 2.60. The Morgan fingerprint density at radius 3 is 1.77 bits per heavy atom. The zero-order valence-electron chi connectivity index (χ0n) is 16.0. The van der Waals surface area contributed by atoms with E-state index >= 15 is 0 Å². The van der Waals surface area contributed by atoms with Gasteiger partial charge in [0.15, 0.2) is 0 Å². The molecule has 3 nitrogen and oxygen atoms in total. The topological polar surface area (TPSA) is 40.1 Å². The normalized spacial score (nSPS) is 10.7. The fourth-order valence-electron chi connectivity index (χ4n) is 2.28. The van der Waals surface area contributed by atoms with Crippen LogP contribution in [0, 0.1) is 7.43 Å². The Kier molecular flexibility index (Phi) is 14.0. The zero-order valence-corrected chi connectivity index (χ0v) is 18.7. The monoisotopic (exact) mass is 414 g/mol. The van der Waals surface area contributed by atoms with E-state index in [4.69, 9.17) is 10.4 Å². The Morgan fingerprint density at radius 2 is 1.55 bits per heavy atom. The van der Waals surface area contributed by atoms with Gasteiger partial charge in [-0.15, -0.1) is 0 Å². The predicted octanol–water partition coefficient (Wildman–Crippen LogP) is 4.47. The van der Waals surface area contributed by atoms with Gasteiger partial charge >= 0.3 is 19.5 Å². The van der Waals surface area contributed by atoms with Crippen LogP contribution in [0.15, 0.2) is 6.20 Å². The van der Waals surface area contributed by atoms with Gasteiger partial charge in [-0.1, -0.05) is 27.7 Å². The fraction of sp³-hybridized carbons (Fsp3) is 0.706. The Balaban J connectivity index is -0.000000666. The third kappa shape index (κ3) is 7.97. The maximum atomic E-state index is 7.44. The van der Waals surface area contributed by atoms with Gasteiger partial charge in [0.25, 0.3) is 5.57 Å². The summed E-state index contributed by atoms with van der Waals surface area (Å²) in [5, 5.41) is 7.44. The summed E-state index contributed by atoms with van der Waals surface area (Å²) < 4.78 is 2.26. The molecule has 130 valence electrons. The number of rotatable bonds is 3. The second kappa shape index (κ2) is 11.5. The molecule has 0 N–H and O–H groups in total. The zero-order chi connectivity index (χ0) is 16.1. The first-order valence-corrected chi connectivity index (χ1v) is 9.04. The van der Waals surface area contributed by atoms with Crippen LogP contribution in [0.4, 0.5) is 0 Å². The molecule has 0 aromatic carbocycles. The molecule has 0 aliphatic rings. The standard InChI is InChI=1S/C14H27N2P.C2H4N.CH3.Ru/c1-10(2)17(11(3)4)13-15-12(9-16(13)8)14(5,6)7;1-2-3;;/h9-11H,1-8H3;2H,1H3;1H3;/q;2*-1;+2/p+1. The molecule has 0 fully saturated rings. The smallest absolute Gasteiger partial charge is 0.814 e. The van der Waals surface area contributed by atoms with E-state index in [0.717, 1.165) is 17.5 Å². The minimum absolute atomic E-state index is 0. The molecule has 0 radical (unpaired) electrons. The molecule has 0 saturated carbocycles. The molecule has 1 aromatic heterocycles. The summed E-state index contributed by atoms with van der Waals surface area (Å²) in [5.41, 5.74) is 4.17. The molecule has 0 bridgehead atoms. The van der Waals surface area contributed by atoms with Crippen molar-refractivity contribution in [3.05, 3.63) is 24.7 Å².